The standard InChI is InChI=1S/C16H30O3/c1-5-6-11-19-15(17)13-7-9-14(10-8-13)16(4,18)12(2)3/h12-14,18H,5-11H2,1-4H3. The maximum Gasteiger partial charge on any atom is 0.308 e. The van der Waals surface area contributed by atoms with Gasteiger partial charge in [0.15, 0.2) is 0 Å². The monoisotopic (exact) mass is 270 g/mol. The summed E-state index contributed by atoms with van der Waals surface area (Å²) in [5.74, 6) is 0.588. The second-order valence-corrected chi connectivity index (χ2v) is 6.45. The second-order valence-electron chi connectivity index (χ2n) is 6.45. The number of aliphatic hydroxyl groups is 1. The Morgan fingerprint density at radius 2 is 1.89 bits per heavy atom. The zero-order valence-electron chi connectivity index (χ0n) is 12.9. The van der Waals surface area contributed by atoms with Crippen molar-refractivity contribution >= 4 is 5.97 Å². The quantitative estimate of drug-likeness (QED) is 0.593. The fourth-order valence-corrected chi connectivity index (χ4v) is 2.82. The van der Waals surface area contributed by atoms with E-state index >= 15 is 0 Å². The Kier molecular flexibility index (Phi) is 6.31. The lowest BCUT2D eigenvalue weighted by atomic mass is 9.70. The van der Waals surface area contributed by atoms with Crippen LogP contribution < -0.4 is 0 Å². The van der Waals surface area contributed by atoms with Gasteiger partial charge in [0.25, 0.3) is 0 Å². The summed E-state index contributed by atoms with van der Waals surface area (Å²) in [7, 11) is 0. The molecule has 0 aliphatic heterocycles. The smallest absolute Gasteiger partial charge is 0.308 e. The highest BCUT2D eigenvalue weighted by Crippen LogP contribution is 2.39. The molecule has 0 amide bonds. The van der Waals surface area contributed by atoms with Crippen molar-refractivity contribution in [1.82, 2.24) is 0 Å². The third-order valence-corrected chi connectivity index (χ3v) is 4.80. The van der Waals surface area contributed by atoms with Gasteiger partial charge in [-0.1, -0.05) is 27.2 Å². The van der Waals surface area contributed by atoms with Gasteiger partial charge in [-0.3, -0.25) is 4.79 Å². The van der Waals surface area contributed by atoms with Crippen LogP contribution in [0, 0.1) is 17.8 Å². The van der Waals surface area contributed by atoms with Crippen LogP contribution in [0.2, 0.25) is 0 Å². The first kappa shape index (κ1) is 16.5. The number of carbonyl (C=O) groups is 1. The lowest BCUT2D eigenvalue weighted by Gasteiger charge is -2.40. The lowest BCUT2D eigenvalue weighted by Crippen LogP contribution is -2.42. The molecule has 19 heavy (non-hydrogen) atoms. The van der Waals surface area contributed by atoms with Gasteiger partial charge in [0, 0.05) is 0 Å². The highest BCUT2D eigenvalue weighted by molar-refractivity contribution is 5.72. The predicted molar refractivity (Wildman–Crippen MR) is 76.8 cm³/mol. The Morgan fingerprint density at radius 3 is 2.37 bits per heavy atom. The van der Waals surface area contributed by atoms with Gasteiger partial charge in [-0.2, -0.15) is 0 Å². The minimum atomic E-state index is -0.614. The van der Waals surface area contributed by atoms with E-state index in [1.54, 1.807) is 0 Å². The van der Waals surface area contributed by atoms with Crippen LogP contribution in [-0.2, 0) is 9.53 Å². The van der Waals surface area contributed by atoms with Crippen LogP contribution in [0.25, 0.3) is 0 Å². The Labute approximate surface area is 117 Å². The van der Waals surface area contributed by atoms with E-state index in [0.717, 1.165) is 38.5 Å². The van der Waals surface area contributed by atoms with Gasteiger partial charge >= 0.3 is 5.97 Å². The summed E-state index contributed by atoms with van der Waals surface area (Å²) in [5.41, 5.74) is -0.614. The summed E-state index contributed by atoms with van der Waals surface area (Å²) in [5, 5.41) is 10.5. The molecule has 0 bridgehead atoms. The Hall–Kier alpha value is -0.570. The van der Waals surface area contributed by atoms with E-state index in [4.69, 9.17) is 4.74 Å². The van der Waals surface area contributed by atoms with E-state index in [1.165, 1.54) is 0 Å². The van der Waals surface area contributed by atoms with Crippen LogP contribution >= 0.6 is 0 Å². The largest absolute Gasteiger partial charge is 0.465 e. The van der Waals surface area contributed by atoms with Gasteiger partial charge in [-0.25, -0.2) is 0 Å². The van der Waals surface area contributed by atoms with Crippen LogP contribution in [-0.4, -0.2) is 23.3 Å². The third-order valence-electron chi connectivity index (χ3n) is 4.80. The van der Waals surface area contributed by atoms with Crippen LogP contribution in [0.15, 0.2) is 0 Å². The molecule has 1 N–H and O–H groups in total. The Balaban J connectivity index is 2.38. The molecular weight excluding hydrogens is 240 g/mol. The molecule has 0 heterocycles. The average Bonchev–Trinajstić information content (AvgIpc) is 2.39. The first-order chi connectivity index (χ1) is 8.89. The SMILES string of the molecule is CCCCOC(=O)C1CCC(C(C)(O)C(C)C)CC1. The van der Waals surface area contributed by atoms with Crippen molar-refractivity contribution in [1.29, 1.82) is 0 Å². The molecule has 1 saturated carbocycles. The van der Waals surface area contributed by atoms with Crippen molar-refractivity contribution in [3.63, 3.8) is 0 Å². The molecule has 0 radical (unpaired) electrons. The number of unbranched alkanes of at least 4 members (excludes halogenated alkanes) is 1. The normalized spacial score (nSPS) is 27.1. The number of carbonyl (C=O) groups excluding carboxylic acids is 1. The van der Waals surface area contributed by atoms with Gasteiger partial charge in [0.1, 0.15) is 0 Å². The van der Waals surface area contributed by atoms with Crippen LogP contribution in [0.5, 0.6) is 0 Å². The van der Waals surface area contributed by atoms with Crippen molar-refractivity contribution in [2.45, 2.75) is 71.8 Å². The molecule has 1 atom stereocenters. The molecule has 3 nitrogen and oxygen atoms in total. The molecule has 1 aliphatic carbocycles. The zero-order valence-corrected chi connectivity index (χ0v) is 12.9. The summed E-state index contributed by atoms with van der Waals surface area (Å²) in [6.45, 7) is 8.70. The molecule has 0 spiro atoms. The first-order valence-electron chi connectivity index (χ1n) is 7.78. The van der Waals surface area contributed by atoms with Gasteiger partial charge in [0.2, 0.25) is 0 Å². The van der Waals surface area contributed by atoms with Crippen LogP contribution in [0.3, 0.4) is 0 Å². The van der Waals surface area contributed by atoms with Gasteiger partial charge in [-0.05, 0) is 50.9 Å². The van der Waals surface area contributed by atoms with Crippen molar-refractivity contribution in [2.75, 3.05) is 6.61 Å². The Morgan fingerprint density at radius 1 is 1.32 bits per heavy atom. The van der Waals surface area contributed by atoms with Crippen molar-refractivity contribution in [3.8, 4) is 0 Å². The second kappa shape index (κ2) is 7.28. The van der Waals surface area contributed by atoms with E-state index in [9.17, 15) is 9.90 Å². The third kappa shape index (κ3) is 4.48. The summed E-state index contributed by atoms with van der Waals surface area (Å²) >= 11 is 0. The fraction of sp³-hybridized carbons (Fsp3) is 0.938. The maximum atomic E-state index is 11.9. The molecule has 3 heteroatoms. The van der Waals surface area contributed by atoms with E-state index in [0.29, 0.717) is 12.5 Å². The molecule has 1 unspecified atom stereocenters. The zero-order chi connectivity index (χ0) is 14.5. The van der Waals surface area contributed by atoms with Crippen LogP contribution in [0.4, 0.5) is 0 Å². The molecule has 1 fully saturated rings. The summed E-state index contributed by atoms with van der Waals surface area (Å²) in [6.07, 6.45) is 5.58. The minimum absolute atomic E-state index is 0.0314. The molecule has 112 valence electrons. The van der Waals surface area contributed by atoms with E-state index < -0.39 is 5.60 Å². The van der Waals surface area contributed by atoms with E-state index in [-0.39, 0.29) is 17.8 Å². The number of esters is 1. The van der Waals surface area contributed by atoms with Crippen LogP contribution in [0.1, 0.15) is 66.2 Å². The minimum Gasteiger partial charge on any atom is -0.465 e. The maximum absolute atomic E-state index is 11.9. The molecular formula is C16H30O3. The highest BCUT2D eigenvalue weighted by atomic mass is 16.5. The number of rotatable bonds is 6. The average molecular weight is 270 g/mol. The summed E-state index contributed by atoms with van der Waals surface area (Å²) in [4.78, 5) is 11.9. The topological polar surface area (TPSA) is 46.5 Å². The molecule has 0 aromatic heterocycles. The Bertz CT molecular complexity index is 276. The summed E-state index contributed by atoms with van der Waals surface area (Å²) < 4.78 is 5.29. The predicted octanol–water partition coefficient (Wildman–Crippen LogP) is 3.54. The number of ether oxygens (including phenoxy) is 1. The van der Waals surface area contributed by atoms with E-state index in [2.05, 4.69) is 20.8 Å². The molecule has 0 aromatic carbocycles. The molecule has 1 rings (SSSR count). The van der Waals surface area contributed by atoms with Crippen molar-refractivity contribution < 1.29 is 14.6 Å². The lowest BCUT2D eigenvalue weighted by molar-refractivity contribution is -0.151. The molecule has 0 saturated heterocycles. The molecule has 1 aliphatic rings. The fourth-order valence-electron chi connectivity index (χ4n) is 2.82. The van der Waals surface area contributed by atoms with Gasteiger partial charge in [-0.15, -0.1) is 0 Å². The number of hydrogen-bond donors (Lipinski definition) is 1. The summed E-state index contributed by atoms with van der Waals surface area (Å²) in [6, 6.07) is 0. The number of hydrogen-bond acceptors (Lipinski definition) is 3. The van der Waals surface area contributed by atoms with Crippen molar-refractivity contribution in [3.05, 3.63) is 0 Å². The van der Waals surface area contributed by atoms with Gasteiger partial charge in [0.05, 0.1) is 18.1 Å². The molecule has 0 aromatic rings. The van der Waals surface area contributed by atoms with Crippen molar-refractivity contribution in [2.24, 2.45) is 17.8 Å². The van der Waals surface area contributed by atoms with E-state index in [1.807, 2.05) is 6.92 Å². The van der Waals surface area contributed by atoms with Gasteiger partial charge < -0.3 is 9.84 Å². The highest BCUT2D eigenvalue weighted by Gasteiger charge is 2.38. The first-order valence-corrected chi connectivity index (χ1v) is 7.78.